The van der Waals surface area contributed by atoms with Gasteiger partial charge in [0, 0.05) is 12.6 Å². The molecule has 0 aromatic carbocycles. The van der Waals surface area contributed by atoms with Crippen molar-refractivity contribution < 1.29 is 0 Å². The zero-order chi connectivity index (χ0) is 11.1. The second kappa shape index (κ2) is 7.02. The van der Waals surface area contributed by atoms with Gasteiger partial charge in [0.1, 0.15) is 0 Å². The summed E-state index contributed by atoms with van der Waals surface area (Å²) in [5.41, 5.74) is 0. The Labute approximate surface area is 94.7 Å². The van der Waals surface area contributed by atoms with Crippen molar-refractivity contribution in [1.29, 1.82) is 0 Å². The number of rotatable bonds is 7. The average Bonchev–Trinajstić information content (AvgIpc) is 2.75. The third-order valence-electron chi connectivity index (χ3n) is 3.29. The lowest BCUT2D eigenvalue weighted by molar-refractivity contribution is 0.266. The molecule has 1 aliphatic carbocycles. The zero-order valence-electron chi connectivity index (χ0n) is 10.5. The van der Waals surface area contributed by atoms with Crippen molar-refractivity contribution in [2.75, 3.05) is 26.2 Å². The van der Waals surface area contributed by atoms with Crippen LogP contribution >= 0.6 is 0 Å². The molecule has 0 saturated carbocycles. The molecule has 1 unspecified atom stereocenters. The molecule has 15 heavy (non-hydrogen) atoms. The summed E-state index contributed by atoms with van der Waals surface area (Å²) in [4.78, 5) is 2.48. The molecule has 0 aliphatic heterocycles. The van der Waals surface area contributed by atoms with Crippen LogP contribution in [-0.2, 0) is 0 Å². The highest BCUT2D eigenvalue weighted by atomic mass is 15.1. The van der Waals surface area contributed by atoms with Gasteiger partial charge in [-0.05, 0) is 45.3 Å². The summed E-state index contributed by atoms with van der Waals surface area (Å²) >= 11 is 0. The van der Waals surface area contributed by atoms with Gasteiger partial charge in [0.15, 0.2) is 0 Å². The first-order valence-electron chi connectivity index (χ1n) is 6.37. The lowest BCUT2D eigenvalue weighted by atomic mass is 10.1. The number of allylic oxidation sites excluding steroid dienone is 2. The first-order valence-corrected chi connectivity index (χ1v) is 6.37. The van der Waals surface area contributed by atoms with E-state index in [9.17, 15) is 0 Å². The predicted octanol–water partition coefficient (Wildman–Crippen LogP) is 2.27. The van der Waals surface area contributed by atoms with E-state index in [-0.39, 0.29) is 0 Å². The molecule has 0 amide bonds. The first kappa shape index (κ1) is 12.7. The maximum absolute atomic E-state index is 3.64. The predicted molar refractivity (Wildman–Crippen MR) is 67.1 cm³/mol. The van der Waals surface area contributed by atoms with Crippen molar-refractivity contribution in [1.82, 2.24) is 10.2 Å². The summed E-state index contributed by atoms with van der Waals surface area (Å²) in [5.74, 6) is 0.851. The summed E-state index contributed by atoms with van der Waals surface area (Å²) < 4.78 is 0. The normalized spacial score (nSPS) is 18.9. The average molecular weight is 210 g/mol. The Bertz CT molecular complexity index is 177. The topological polar surface area (TPSA) is 15.3 Å². The Kier molecular flexibility index (Phi) is 5.96. The van der Waals surface area contributed by atoms with Gasteiger partial charge < -0.3 is 10.2 Å². The molecule has 0 radical (unpaired) electrons. The van der Waals surface area contributed by atoms with Crippen molar-refractivity contribution >= 4 is 0 Å². The molecule has 0 bridgehead atoms. The summed E-state index contributed by atoms with van der Waals surface area (Å²) in [6.45, 7) is 11.4. The van der Waals surface area contributed by atoms with Gasteiger partial charge in [0.05, 0.1) is 0 Å². The fourth-order valence-electron chi connectivity index (χ4n) is 2.14. The van der Waals surface area contributed by atoms with Crippen LogP contribution in [0.1, 0.15) is 33.6 Å². The Morgan fingerprint density at radius 2 is 1.87 bits per heavy atom. The van der Waals surface area contributed by atoms with Crippen molar-refractivity contribution in [3.63, 3.8) is 0 Å². The Balaban J connectivity index is 2.09. The van der Waals surface area contributed by atoms with Crippen LogP contribution in [0.25, 0.3) is 0 Å². The third kappa shape index (κ3) is 4.80. The molecule has 1 N–H and O–H groups in total. The number of nitrogens with one attached hydrogen (secondary N) is 1. The molecule has 0 fully saturated rings. The van der Waals surface area contributed by atoms with Crippen LogP contribution in [0.4, 0.5) is 0 Å². The Hall–Kier alpha value is -0.340. The van der Waals surface area contributed by atoms with E-state index < -0.39 is 0 Å². The van der Waals surface area contributed by atoms with E-state index in [4.69, 9.17) is 0 Å². The molecule has 1 rings (SSSR count). The van der Waals surface area contributed by atoms with Gasteiger partial charge in [-0.2, -0.15) is 0 Å². The van der Waals surface area contributed by atoms with Crippen molar-refractivity contribution in [2.24, 2.45) is 5.92 Å². The second-order valence-electron chi connectivity index (χ2n) is 4.60. The monoisotopic (exact) mass is 210 g/mol. The van der Waals surface area contributed by atoms with Crippen LogP contribution in [0.3, 0.4) is 0 Å². The molecule has 1 aliphatic rings. The molecule has 0 aromatic heterocycles. The lowest BCUT2D eigenvalue weighted by Gasteiger charge is -2.24. The number of hydrogen-bond donors (Lipinski definition) is 1. The van der Waals surface area contributed by atoms with Crippen molar-refractivity contribution in [3.05, 3.63) is 12.2 Å². The first-order chi connectivity index (χ1) is 7.26. The van der Waals surface area contributed by atoms with Gasteiger partial charge >= 0.3 is 0 Å². The highest BCUT2D eigenvalue weighted by molar-refractivity contribution is 4.94. The summed E-state index contributed by atoms with van der Waals surface area (Å²) in [5, 5.41) is 3.64. The molecule has 0 aromatic rings. The van der Waals surface area contributed by atoms with E-state index in [0.717, 1.165) is 19.0 Å². The SMILES string of the molecule is CCN(CC)CC(C)NCC1CC=CC1. The number of nitrogens with zero attached hydrogens (tertiary/aromatic N) is 1. The Morgan fingerprint density at radius 1 is 1.27 bits per heavy atom. The van der Waals surface area contributed by atoms with E-state index in [1.165, 1.54) is 25.9 Å². The van der Waals surface area contributed by atoms with Crippen LogP contribution in [0.2, 0.25) is 0 Å². The smallest absolute Gasteiger partial charge is 0.0166 e. The van der Waals surface area contributed by atoms with Crippen LogP contribution in [-0.4, -0.2) is 37.1 Å². The molecule has 88 valence electrons. The minimum Gasteiger partial charge on any atom is -0.313 e. The standard InChI is InChI=1S/C13H26N2/c1-4-15(5-2)11-12(3)14-10-13-8-6-7-9-13/h6-7,12-14H,4-5,8-11H2,1-3H3. The summed E-state index contributed by atoms with van der Waals surface area (Å²) in [6.07, 6.45) is 7.15. The molecule has 1 atom stereocenters. The lowest BCUT2D eigenvalue weighted by Crippen LogP contribution is -2.40. The fourth-order valence-corrected chi connectivity index (χ4v) is 2.14. The van der Waals surface area contributed by atoms with Gasteiger partial charge in [-0.15, -0.1) is 0 Å². The van der Waals surface area contributed by atoms with Crippen LogP contribution in [0, 0.1) is 5.92 Å². The molecular weight excluding hydrogens is 184 g/mol. The van der Waals surface area contributed by atoms with E-state index in [2.05, 4.69) is 43.1 Å². The van der Waals surface area contributed by atoms with Gasteiger partial charge in [0.25, 0.3) is 0 Å². The third-order valence-corrected chi connectivity index (χ3v) is 3.29. The van der Waals surface area contributed by atoms with E-state index in [0.29, 0.717) is 6.04 Å². The Morgan fingerprint density at radius 3 is 2.40 bits per heavy atom. The molecule has 2 nitrogen and oxygen atoms in total. The van der Waals surface area contributed by atoms with Gasteiger partial charge in [-0.25, -0.2) is 0 Å². The molecule has 0 heterocycles. The second-order valence-corrected chi connectivity index (χ2v) is 4.60. The molecule has 0 spiro atoms. The van der Waals surface area contributed by atoms with Gasteiger partial charge in [-0.3, -0.25) is 0 Å². The maximum Gasteiger partial charge on any atom is 0.0166 e. The highest BCUT2D eigenvalue weighted by Crippen LogP contribution is 2.16. The highest BCUT2D eigenvalue weighted by Gasteiger charge is 2.12. The number of hydrogen-bond acceptors (Lipinski definition) is 2. The van der Waals surface area contributed by atoms with E-state index in [1.54, 1.807) is 0 Å². The van der Waals surface area contributed by atoms with E-state index >= 15 is 0 Å². The van der Waals surface area contributed by atoms with Crippen LogP contribution in [0.5, 0.6) is 0 Å². The largest absolute Gasteiger partial charge is 0.313 e. The minimum absolute atomic E-state index is 0.616. The van der Waals surface area contributed by atoms with Crippen LogP contribution in [0.15, 0.2) is 12.2 Å². The van der Waals surface area contributed by atoms with Gasteiger partial charge in [0.2, 0.25) is 0 Å². The molecule has 0 saturated heterocycles. The van der Waals surface area contributed by atoms with Crippen molar-refractivity contribution in [3.8, 4) is 0 Å². The fraction of sp³-hybridized carbons (Fsp3) is 0.846. The molecular formula is C13H26N2. The summed E-state index contributed by atoms with van der Waals surface area (Å²) in [6, 6.07) is 0.616. The molecule has 2 heteroatoms. The summed E-state index contributed by atoms with van der Waals surface area (Å²) in [7, 11) is 0. The maximum atomic E-state index is 3.64. The number of likely N-dealkylation sites (N-methyl/N-ethyl adjacent to an activating group) is 1. The van der Waals surface area contributed by atoms with Gasteiger partial charge in [-0.1, -0.05) is 26.0 Å². The van der Waals surface area contributed by atoms with Crippen LogP contribution < -0.4 is 5.32 Å². The quantitative estimate of drug-likeness (QED) is 0.649. The zero-order valence-corrected chi connectivity index (χ0v) is 10.5. The van der Waals surface area contributed by atoms with E-state index in [1.807, 2.05) is 0 Å². The minimum atomic E-state index is 0.616. The van der Waals surface area contributed by atoms with Crippen molar-refractivity contribution in [2.45, 2.75) is 39.7 Å².